The van der Waals surface area contributed by atoms with Gasteiger partial charge < -0.3 is 4.57 Å². The molecule has 0 amide bonds. The van der Waals surface area contributed by atoms with Crippen LogP contribution in [0.25, 0.3) is 21.8 Å². The Morgan fingerprint density at radius 2 is 1.73 bits per heavy atom. The van der Waals surface area contributed by atoms with Crippen LogP contribution >= 0.6 is 0 Å². The highest BCUT2D eigenvalue weighted by Gasteiger charge is 2.17. The van der Waals surface area contributed by atoms with Crippen LogP contribution in [0.1, 0.15) is 18.1 Å². The molecule has 0 aliphatic carbocycles. The molecule has 1 aliphatic heterocycles. The molecular formula is C23H21N3. The summed E-state index contributed by atoms with van der Waals surface area (Å²) in [7, 11) is 0. The highest BCUT2D eigenvalue weighted by atomic mass is 15.5. The van der Waals surface area contributed by atoms with Crippen LogP contribution in [0.4, 0.5) is 5.69 Å². The molecule has 0 atom stereocenters. The summed E-state index contributed by atoms with van der Waals surface area (Å²) in [5, 5.41) is 9.47. The van der Waals surface area contributed by atoms with Crippen LogP contribution in [0, 0.1) is 0 Å². The van der Waals surface area contributed by atoms with Gasteiger partial charge >= 0.3 is 0 Å². The van der Waals surface area contributed by atoms with Crippen LogP contribution in [0.15, 0.2) is 71.8 Å². The van der Waals surface area contributed by atoms with E-state index in [0.29, 0.717) is 0 Å². The molecule has 0 saturated carbocycles. The number of nitrogens with zero attached hydrogens (tertiary/aromatic N) is 3. The van der Waals surface area contributed by atoms with E-state index in [9.17, 15) is 0 Å². The second-order valence-electron chi connectivity index (χ2n) is 6.78. The largest absolute Gasteiger partial charge is 0.341 e. The number of para-hydroxylation sites is 2. The molecule has 4 aromatic rings. The first-order valence-electron chi connectivity index (χ1n) is 9.25. The normalized spacial score (nSPS) is 14.0. The van der Waals surface area contributed by atoms with E-state index in [2.05, 4.69) is 83.2 Å². The average Bonchev–Trinajstić information content (AvgIpc) is 3.25. The summed E-state index contributed by atoms with van der Waals surface area (Å²) in [6.45, 7) is 4.13. The van der Waals surface area contributed by atoms with Crippen LogP contribution in [0.3, 0.4) is 0 Å². The van der Waals surface area contributed by atoms with Crippen molar-refractivity contribution in [3.8, 4) is 0 Å². The molecule has 0 spiro atoms. The minimum Gasteiger partial charge on any atom is -0.341 e. The summed E-state index contributed by atoms with van der Waals surface area (Å²) < 4.78 is 2.38. The van der Waals surface area contributed by atoms with Gasteiger partial charge in [-0.05, 0) is 48.7 Å². The van der Waals surface area contributed by atoms with Crippen molar-refractivity contribution in [3.63, 3.8) is 0 Å². The molecule has 2 heterocycles. The van der Waals surface area contributed by atoms with Crippen LogP contribution < -0.4 is 5.01 Å². The Morgan fingerprint density at radius 1 is 0.923 bits per heavy atom. The lowest BCUT2D eigenvalue weighted by Gasteiger charge is -2.12. The standard InChI is InChI=1S/C23H21N3/c1-2-25-22-10-6-4-8-19(22)20-15-17(11-12-23(20)25)16-24-26-14-13-18-7-3-5-9-21(18)26/h3-12,15-16H,2,13-14H2,1H3. The second kappa shape index (κ2) is 6.03. The van der Waals surface area contributed by atoms with Gasteiger partial charge in [0.05, 0.1) is 11.9 Å². The molecule has 1 aromatic heterocycles. The number of hydrazone groups is 1. The van der Waals surface area contributed by atoms with E-state index in [4.69, 9.17) is 5.10 Å². The quantitative estimate of drug-likeness (QED) is 0.469. The summed E-state index contributed by atoms with van der Waals surface area (Å²) in [6.07, 6.45) is 3.05. The van der Waals surface area contributed by atoms with Gasteiger partial charge in [-0.1, -0.05) is 42.5 Å². The molecule has 1 aliphatic rings. The Hall–Kier alpha value is -3.07. The Bertz CT molecular complexity index is 1140. The summed E-state index contributed by atoms with van der Waals surface area (Å²) in [5.74, 6) is 0. The summed E-state index contributed by atoms with van der Waals surface area (Å²) in [6, 6.07) is 23.8. The van der Waals surface area contributed by atoms with Crippen LogP contribution in [0.5, 0.6) is 0 Å². The van der Waals surface area contributed by atoms with E-state index in [-0.39, 0.29) is 0 Å². The topological polar surface area (TPSA) is 20.5 Å². The van der Waals surface area contributed by atoms with Crippen LogP contribution in [0.2, 0.25) is 0 Å². The zero-order valence-electron chi connectivity index (χ0n) is 14.9. The van der Waals surface area contributed by atoms with Crippen molar-refractivity contribution in [2.45, 2.75) is 19.9 Å². The van der Waals surface area contributed by atoms with E-state index in [1.165, 1.54) is 33.1 Å². The average molecular weight is 339 g/mol. The molecule has 0 radical (unpaired) electrons. The van der Waals surface area contributed by atoms with E-state index in [1.54, 1.807) is 0 Å². The van der Waals surface area contributed by atoms with Crippen molar-refractivity contribution >= 4 is 33.7 Å². The van der Waals surface area contributed by atoms with E-state index < -0.39 is 0 Å². The fourth-order valence-corrected chi connectivity index (χ4v) is 4.07. The smallest absolute Gasteiger partial charge is 0.0626 e. The fraction of sp³-hybridized carbons (Fsp3) is 0.174. The van der Waals surface area contributed by atoms with E-state index in [1.807, 2.05) is 6.21 Å². The van der Waals surface area contributed by atoms with Crippen molar-refractivity contribution in [3.05, 3.63) is 77.9 Å². The zero-order chi connectivity index (χ0) is 17.5. The first kappa shape index (κ1) is 15.2. The van der Waals surface area contributed by atoms with Crippen LogP contribution in [-0.2, 0) is 13.0 Å². The van der Waals surface area contributed by atoms with E-state index in [0.717, 1.165) is 25.1 Å². The van der Waals surface area contributed by atoms with Gasteiger partial charge in [-0.2, -0.15) is 5.10 Å². The number of benzene rings is 3. The van der Waals surface area contributed by atoms with Crippen molar-refractivity contribution < 1.29 is 0 Å². The van der Waals surface area contributed by atoms with Gasteiger partial charge in [0.25, 0.3) is 0 Å². The molecular weight excluding hydrogens is 318 g/mol. The predicted molar refractivity (Wildman–Crippen MR) is 110 cm³/mol. The number of rotatable bonds is 3. The van der Waals surface area contributed by atoms with Gasteiger partial charge in [0, 0.05) is 34.9 Å². The number of aromatic nitrogens is 1. The van der Waals surface area contributed by atoms with Gasteiger partial charge in [-0.15, -0.1) is 0 Å². The predicted octanol–water partition coefficient (Wildman–Crippen LogP) is 5.21. The lowest BCUT2D eigenvalue weighted by molar-refractivity contribution is 0.827. The SMILES string of the molecule is CCn1c2ccccc2c2cc(C=NN3CCc4ccccc43)ccc21. The van der Waals surface area contributed by atoms with Crippen molar-refractivity contribution in [2.75, 3.05) is 11.6 Å². The minimum absolute atomic E-state index is 0.952. The molecule has 0 bridgehead atoms. The maximum Gasteiger partial charge on any atom is 0.0626 e. The minimum atomic E-state index is 0.952. The maximum atomic E-state index is 4.75. The molecule has 0 saturated heterocycles. The Labute approximate surface area is 153 Å². The lowest BCUT2D eigenvalue weighted by Crippen LogP contribution is -2.12. The molecule has 0 N–H and O–H groups in total. The number of hydrogen-bond donors (Lipinski definition) is 0. The van der Waals surface area contributed by atoms with Gasteiger partial charge in [0.15, 0.2) is 0 Å². The summed E-state index contributed by atoms with van der Waals surface area (Å²) in [5.41, 5.74) is 6.34. The highest BCUT2D eigenvalue weighted by Crippen LogP contribution is 2.30. The number of anilines is 1. The fourth-order valence-electron chi connectivity index (χ4n) is 4.07. The Kier molecular flexibility index (Phi) is 3.52. The first-order chi connectivity index (χ1) is 12.8. The van der Waals surface area contributed by atoms with Gasteiger partial charge in [0.2, 0.25) is 0 Å². The number of hydrogen-bond acceptors (Lipinski definition) is 2. The molecule has 5 rings (SSSR count). The Balaban J connectivity index is 1.55. The number of aryl methyl sites for hydroxylation is 1. The molecule has 3 aromatic carbocycles. The first-order valence-corrected chi connectivity index (χ1v) is 9.25. The summed E-state index contributed by atoms with van der Waals surface area (Å²) >= 11 is 0. The number of fused-ring (bicyclic) bond motifs is 4. The zero-order valence-corrected chi connectivity index (χ0v) is 14.9. The molecule has 128 valence electrons. The van der Waals surface area contributed by atoms with E-state index >= 15 is 0 Å². The molecule has 0 fully saturated rings. The third-order valence-electron chi connectivity index (χ3n) is 5.32. The maximum absolute atomic E-state index is 4.75. The monoisotopic (exact) mass is 339 g/mol. The molecule has 3 nitrogen and oxygen atoms in total. The van der Waals surface area contributed by atoms with Crippen LogP contribution in [-0.4, -0.2) is 17.3 Å². The van der Waals surface area contributed by atoms with Gasteiger partial charge in [0.1, 0.15) is 0 Å². The Morgan fingerprint density at radius 3 is 2.65 bits per heavy atom. The van der Waals surface area contributed by atoms with Crippen molar-refractivity contribution in [1.82, 2.24) is 4.57 Å². The highest BCUT2D eigenvalue weighted by molar-refractivity contribution is 6.09. The van der Waals surface area contributed by atoms with Crippen molar-refractivity contribution in [1.29, 1.82) is 0 Å². The lowest BCUT2D eigenvalue weighted by atomic mass is 10.1. The van der Waals surface area contributed by atoms with Crippen molar-refractivity contribution in [2.24, 2.45) is 5.10 Å². The third-order valence-corrected chi connectivity index (χ3v) is 5.32. The third kappa shape index (κ3) is 2.31. The molecule has 3 heteroatoms. The molecule has 0 unspecified atom stereocenters. The van der Waals surface area contributed by atoms with Gasteiger partial charge in [-0.3, -0.25) is 5.01 Å². The summed E-state index contributed by atoms with van der Waals surface area (Å²) in [4.78, 5) is 0. The van der Waals surface area contributed by atoms with Gasteiger partial charge in [-0.25, -0.2) is 0 Å². The second-order valence-corrected chi connectivity index (χ2v) is 6.78. The molecule has 26 heavy (non-hydrogen) atoms.